The molecule has 0 fully saturated rings. The molecule has 3 aliphatic carbocycles. The SMILES string of the molecule is CC(=O)C1=CCC2CCC(CC=C1)c1cc(C(C)=O)ccc12. The van der Waals surface area contributed by atoms with E-state index >= 15 is 0 Å². The van der Waals surface area contributed by atoms with Crippen LogP contribution in [-0.2, 0) is 4.79 Å². The highest BCUT2D eigenvalue weighted by Gasteiger charge is 2.27. The van der Waals surface area contributed by atoms with E-state index in [1.165, 1.54) is 11.1 Å². The van der Waals surface area contributed by atoms with Gasteiger partial charge >= 0.3 is 0 Å². The van der Waals surface area contributed by atoms with Gasteiger partial charge in [-0.25, -0.2) is 0 Å². The normalized spacial score (nSPS) is 23.6. The number of fused-ring (bicyclic) bond motifs is 4. The second kappa shape index (κ2) is 6.04. The van der Waals surface area contributed by atoms with Gasteiger partial charge in [-0.2, -0.15) is 0 Å². The molecule has 2 heteroatoms. The first kappa shape index (κ1) is 15.0. The lowest BCUT2D eigenvalue weighted by Gasteiger charge is -2.32. The maximum absolute atomic E-state index is 11.7. The lowest BCUT2D eigenvalue weighted by atomic mass is 9.73. The van der Waals surface area contributed by atoms with Gasteiger partial charge in [0.25, 0.3) is 0 Å². The zero-order valence-electron chi connectivity index (χ0n) is 13.3. The Balaban J connectivity index is 2.04. The van der Waals surface area contributed by atoms with E-state index in [0.717, 1.165) is 36.8 Å². The molecule has 2 atom stereocenters. The Hall–Kier alpha value is -1.96. The summed E-state index contributed by atoms with van der Waals surface area (Å²) >= 11 is 0. The molecule has 2 nitrogen and oxygen atoms in total. The van der Waals surface area contributed by atoms with Crippen LogP contribution in [0.15, 0.2) is 42.0 Å². The third-order valence-electron chi connectivity index (χ3n) is 4.98. The predicted molar refractivity (Wildman–Crippen MR) is 88.3 cm³/mol. The fraction of sp³-hybridized carbons (Fsp3) is 0.400. The van der Waals surface area contributed by atoms with E-state index in [4.69, 9.17) is 0 Å². The van der Waals surface area contributed by atoms with E-state index in [1.807, 2.05) is 12.1 Å². The van der Waals surface area contributed by atoms with Crippen LogP contribution in [0.1, 0.15) is 72.9 Å². The summed E-state index contributed by atoms with van der Waals surface area (Å²) in [5.74, 6) is 1.20. The number of hydrogen-bond acceptors (Lipinski definition) is 2. The summed E-state index contributed by atoms with van der Waals surface area (Å²) in [6.07, 6.45) is 10.3. The molecule has 22 heavy (non-hydrogen) atoms. The van der Waals surface area contributed by atoms with Gasteiger partial charge in [-0.3, -0.25) is 9.59 Å². The Labute approximate surface area is 131 Å². The van der Waals surface area contributed by atoms with E-state index in [2.05, 4.69) is 24.3 Å². The van der Waals surface area contributed by atoms with Crippen molar-refractivity contribution < 1.29 is 9.59 Å². The second-order valence-corrected chi connectivity index (χ2v) is 6.46. The van der Waals surface area contributed by atoms with Gasteiger partial charge in [0.05, 0.1) is 0 Å². The number of allylic oxidation sites excluding steroid dienone is 4. The van der Waals surface area contributed by atoms with Crippen molar-refractivity contribution in [2.24, 2.45) is 0 Å². The Morgan fingerprint density at radius 2 is 1.68 bits per heavy atom. The summed E-state index contributed by atoms with van der Waals surface area (Å²) in [5.41, 5.74) is 4.35. The number of ketones is 2. The molecular formula is C20H22O2. The van der Waals surface area contributed by atoms with Crippen molar-refractivity contribution in [3.63, 3.8) is 0 Å². The van der Waals surface area contributed by atoms with E-state index in [9.17, 15) is 9.59 Å². The zero-order valence-corrected chi connectivity index (χ0v) is 13.3. The minimum atomic E-state index is 0.130. The van der Waals surface area contributed by atoms with Crippen molar-refractivity contribution in [1.82, 2.24) is 0 Å². The molecule has 1 aromatic rings. The van der Waals surface area contributed by atoms with Gasteiger partial charge in [-0.05, 0) is 68.6 Å². The van der Waals surface area contributed by atoms with E-state index in [-0.39, 0.29) is 11.6 Å². The van der Waals surface area contributed by atoms with E-state index < -0.39 is 0 Å². The van der Waals surface area contributed by atoms with Crippen LogP contribution in [0.2, 0.25) is 0 Å². The molecule has 1 aromatic carbocycles. The summed E-state index contributed by atoms with van der Waals surface area (Å²) < 4.78 is 0. The topological polar surface area (TPSA) is 34.1 Å². The van der Waals surface area contributed by atoms with Gasteiger partial charge in [0.15, 0.2) is 11.6 Å². The summed E-state index contributed by atoms with van der Waals surface area (Å²) in [6, 6.07) is 6.18. The number of Topliss-reactive ketones (excluding diaryl/α,β-unsaturated/α-hetero) is 2. The molecule has 0 amide bonds. The molecule has 0 saturated heterocycles. The van der Waals surface area contributed by atoms with Crippen molar-refractivity contribution in [3.8, 4) is 0 Å². The Bertz CT molecular complexity index is 679. The molecule has 0 radical (unpaired) electrons. The monoisotopic (exact) mass is 294 g/mol. The smallest absolute Gasteiger partial charge is 0.159 e. The van der Waals surface area contributed by atoms with Crippen molar-refractivity contribution >= 4 is 11.6 Å². The largest absolute Gasteiger partial charge is 0.295 e. The third kappa shape index (κ3) is 2.83. The van der Waals surface area contributed by atoms with Crippen LogP contribution in [-0.4, -0.2) is 11.6 Å². The molecule has 0 spiro atoms. The van der Waals surface area contributed by atoms with Crippen LogP contribution in [0, 0.1) is 0 Å². The lowest BCUT2D eigenvalue weighted by Crippen LogP contribution is -2.16. The summed E-state index contributed by atoms with van der Waals surface area (Å²) in [6.45, 7) is 3.26. The van der Waals surface area contributed by atoms with Crippen LogP contribution < -0.4 is 0 Å². The predicted octanol–water partition coefficient (Wildman–Crippen LogP) is 4.72. The first-order valence-corrected chi connectivity index (χ1v) is 8.08. The third-order valence-corrected chi connectivity index (χ3v) is 4.98. The number of rotatable bonds is 2. The molecule has 2 bridgehead atoms. The van der Waals surface area contributed by atoms with Crippen molar-refractivity contribution in [1.29, 1.82) is 0 Å². The fourth-order valence-corrected chi connectivity index (χ4v) is 3.68. The van der Waals surface area contributed by atoms with Gasteiger partial charge in [0.2, 0.25) is 0 Å². The Kier molecular flexibility index (Phi) is 4.10. The summed E-state index contributed by atoms with van der Waals surface area (Å²) in [7, 11) is 0. The zero-order chi connectivity index (χ0) is 15.7. The molecule has 0 N–H and O–H groups in total. The van der Waals surface area contributed by atoms with Crippen molar-refractivity contribution in [3.05, 3.63) is 58.7 Å². The van der Waals surface area contributed by atoms with Crippen molar-refractivity contribution in [2.45, 2.75) is 51.4 Å². The molecule has 3 aliphatic rings. The highest BCUT2D eigenvalue weighted by Crippen LogP contribution is 2.43. The molecule has 0 aliphatic heterocycles. The van der Waals surface area contributed by atoms with Crippen LogP contribution in [0.25, 0.3) is 0 Å². The van der Waals surface area contributed by atoms with Crippen molar-refractivity contribution in [2.75, 3.05) is 0 Å². The van der Waals surface area contributed by atoms with Crippen LogP contribution in [0.5, 0.6) is 0 Å². The van der Waals surface area contributed by atoms with Crippen LogP contribution >= 0.6 is 0 Å². The van der Waals surface area contributed by atoms with Crippen LogP contribution in [0.4, 0.5) is 0 Å². The first-order chi connectivity index (χ1) is 10.6. The minimum Gasteiger partial charge on any atom is -0.295 e. The van der Waals surface area contributed by atoms with Gasteiger partial charge in [-0.1, -0.05) is 30.4 Å². The fourth-order valence-electron chi connectivity index (χ4n) is 3.68. The molecule has 114 valence electrons. The molecule has 0 heterocycles. The van der Waals surface area contributed by atoms with E-state index in [1.54, 1.807) is 13.8 Å². The standard InChI is InChI=1S/C20H22O2/c1-13(21)15-4-3-5-16-8-9-17(7-6-15)19-11-10-18(14(2)22)12-20(16)19/h3-4,6,10-12,16-17H,5,7-9H2,1-2H3. The first-order valence-electron chi connectivity index (χ1n) is 8.08. The lowest BCUT2D eigenvalue weighted by molar-refractivity contribution is -0.113. The number of carbonyl (C=O) groups is 2. The van der Waals surface area contributed by atoms with Gasteiger partial charge < -0.3 is 0 Å². The quantitative estimate of drug-likeness (QED) is 0.740. The minimum absolute atomic E-state index is 0.130. The van der Waals surface area contributed by atoms with Gasteiger partial charge in [0.1, 0.15) is 0 Å². The molecule has 2 unspecified atom stereocenters. The average molecular weight is 294 g/mol. The summed E-state index contributed by atoms with van der Waals surface area (Å²) in [5, 5.41) is 0. The number of benzene rings is 1. The highest BCUT2D eigenvalue weighted by molar-refractivity contribution is 5.96. The second-order valence-electron chi connectivity index (χ2n) is 6.46. The van der Waals surface area contributed by atoms with Gasteiger partial charge in [0, 0.05) is 11.1 Å². The number of hydrogen-bond donors (Lipinski definition) is 0. The van der Waals surface area contributed by atoms with Gasteiger partial charge in [-0.15, -0.1) is 0 Å². The Morgan fingerprint density at radius 1 is 0.955 bits per heavy atom. The molecule has 0 saturated carbocycles. The maximum Gasteiger partial charge on any atom is 0.159 e. The van der Waals surface area contributed by atoms with E-state index in [0.29, 0.717) is 11.8 Å². The Morgan fingerprint density at radius 3 is 2.36 bits per heavy atom. The van der Waals surface area contributed by atoms with Crippen LogP contribution in [0.3, 0.4) is 0 Å². The highest BCUT2D eigenvalue weighted by atomic mass is 16.1. The molecule has 4 rings (SSSR count). The average Bonchev–Trinajstić information content (AvgIpc) is 2.52. The molecule has 0 aromatic heterocycles. The maximum atomic E-state index is 11.7. The number of carbonyl (C=O) groups excluding carboxylic acids is 2. The summed E-state index contributed by atoms with van der Waals surface area (Å²) in [4.78, 5) is 23.3. The molecular weight excluding hydrogens is 272 g/mol.